The van der Waals surface area contributed by atoms with E-state index in [1.54, 1.807) is 18.2 Å². The van der Waals surface area contributed by atoms with E-state index in [9.17, 15) is 9.18 Å². The minimum Gasteiger partial charge on any atom is -0.493 e. The molecule has 134 valence electrons. The molecule has 25 heavy (non-hydrogen) atoms. The predicted octanol–water partition coefficient (Wildman–Crippen LogP) is 2.75. The average Bonchev–Trinajstić information content (AvgIpc) is 2.61. The number of rotatable bonds is 8. The van der Waals surface area contributed by atoms with Crippen molar-refractivity contribution < 1.29 is 23.4 Å². The van der Waals surface area contributed by atoms with Gasteiger partial charge in [-0.3, -0.25) is 4.79 Å². The summed E-state index contributed by atoms with van der Waals surface area (Å²) in [6, 6.07) is 9.84. The van der Waals surface area contributed by atoms with Crippen LogP contribution in [0.1, 0.15) is 11.1 Å². The highest BCUT2D eigenvalue weighted by molar-refractivity contribution is 5.80. The Kier molecular flexibility index (Phi) is 6.62. The van der Waals surface area contributed by atoms with E-state index < -0.39 is 0 Å². The zero-order valence-corrected chi connectivity index (χ0v) is 14.6. The molecule has 0 aromatic heterocycles. The number of amides is 1. The molecule has 1 amide bonds. The zero-order valence-electron chi connectivity index (χ0n) is 14.6. The standard InChI is InChI=1S/C19H22FNO4/c1-23-16-8-7-14(18(24-2)19(16)25-3)12-17(22)21-10-9-13-5-4-6-15(20)11-13/h4-8,11H,9-10,12H2,1-3H3,(H,21,22). The maximum Gasteiger partial charge on any atom is 0.224 e. The van der Waals surface area contributed by atoms with Crippen LogP contribution >= 0.6 is 0 Å². The fourth-order valence-electron chi connectivity index (χ4n) is 2.58. The third-order valence-corrected chi connectivity index (χ3v) is 3.76. The first kappa shape index (κ1) is 18.6. The van der Waals surface area contributed by atoms with Crippen molar-refractivity contribution in [2.24, 2.45) is 0 Å². The molecule has 0 radical (unpaired) electrons. The topological polar surface area (TPSA) is 56.8 Å². The summed E-state index contributed by atoms with van der Waals surface area (Å²) in [5.41, 5.74) is 1.53. The molecule has 0 aliphatic heterocycles. The quantitative estimate of drug-likeness (QED) is 0.798. The van der Waals surface area contributed by atoms with Crippen LogP contribution in [0.4, 0.5) is 4.39 Å². The molecule has 0 bridgehead atoms. The fourth-order valence-corrected chi connectivity index (χ4v) is 2.58. The first-order valence-electron chi connectivity index (χ1n) is 7.88. The van der Waals surface area contributed by atoms with Crippen LogP contribution in [0.25, 0.3) is 0 Å². The van der Waals surface area contributed by atoms with Gasteiger partial charge < -0.3 is 19.5 Å². The van der Waals surface area contributed by atoms with Crippen LogP contribution in [0, 0.1) is 5.82 Å². The summed E-state index contributed by atoms with van der Waals surface area (Å²) >= 11 is 0. The lowest BCUT2D eigenvalue weighted by molar-refractivity contribution is -0.120. The maximum atomic E-state index is 13.1. The third kappa shape index (κ3) is 4.86. The fraction of sp³-hybridized carbons (Fsp3) is 0.316. The van der Waals surface area contributed by atoms with E-state index in [-0.39, 0.29) is 18.1 Å². The molecular weight excluding hydrogens is 325 g/mol. The van der Waals surface area contributed by atoms with Crippen LogP contribution in [0.15, 0.2) is 36.4 Å². The number of halogens is 1. The number of hydrogen-bond donors (Lipinski definition) is 1. The Labute approximate surface area is 146 Å². The molecule has 0 aliphatic rings. The average molecular weight is 347 g/mol. The van der Waals surface area contributed by atoms with E-state index >= 15 is 0 Å². The SMILES string of the molecule is COc1ccc(CC(=O)NCCc2cccc(F)c2)c(OC)c1OC. The molecule has 0 spiro atoms. The Bertz CT molecular complexity index is 733. The molecule has 2 aromatic carbocycles. The normalized spacial score (nSPS) is 10.2. The van der Waals surface area contributed by atoms with Crippen LogP contribution in [0.2, 0.25) is 0 Å². The second-order valence-corrected chi connectivity index (χ2v) is 5.40. The second kappa shape index (κ2) is 8.92. The number of hydrogen-bond acceptors (Lipinski definition) is 4. The highest BCUT2D eigenvalue weighted by atomic mass is 19.1. The van der Waals surface area contributed by atoms with Gasteiger partial charge in [0.15, 0.2) is 11.5 Å². The van der Waals surface area contributed by atoms with Crippen molar-refractivity contribution in [3.8, 4) is 17.2 Å². The summed E-state index contributed by atoms with van der Waals surface area (Å²) in [5.74, 6) is 1.03. The van der Waals surface area contributed by atoms with Crippen LogP contribution < -0.4 is 19.5 Å². The minimum absolute atomic E-state index is 0.146. The number of benzene rings is 2. The van der Waals surface area contributed by atoms with Crippen molar-refractivity contribution in [1.82, 2.24) is 5.32 Å². The van der Waals surface area contributed by atoms with Gasteiger partial charge in [-0.1, -0.05) is 18.2 Å². The lowest BCUT2D eigenvalue weighted by atomic mass is 10.1. The summed E-state index contributed by atoms with van der Waals surface area (Å²) < 4.78 is 29.0. The van der Waals surface area contributed by atoms with Crippen molar-refractivity contribution in [1.29, 1.82) is 0 Å². The number of carbonyl (C=O) groups is 1. The van der Waals surface area contributed by atoms with Gasteiger partial charge in [-0.15, -0.1) is 0 Å². The molecule has 0 heterocycles. The van der Waals surface area contributed by atoms with E-state index in [1.165, 1.54) is 33.5 Å². The Morgan fingerprint density at radius 1 is 1.04 bits per heavy atom. The molecule has 2 rings (SSSR count). The predicted molar refractivity (Wildman–Crippen MR) is 92.9 cm³/mol. The van der Waals surface area contributed by atoms with Gasteiger partial charge in [-0.2, -0.15) is 0 Å². The van der Waals surface area contributed by atoms with Gasteiger partial charge in [0.05, 0.1) is 27.8 Å². The van der Waals surface area contributed by atoms with Crippen molar-refractivity contribution in [2.75, 3.05) is 27.9 Å². The maximum absolute atomic E-state index is 13.1. The molecule has 6 heteroatoms. The lowest BCUT2D eigenvalue weighted by Gasteiger charge is -2.15. The Hall–Kier alpha value is -2.76. The second-order valence-electron chi connectivity index (χ2n) is 5.40. The van der Waals surface area contributed by atoms with Crippen molar-refractivity contribution in [3.63, 3.8) is 0 Å². The van der Waals surface area contributed by atoms with Gasteiger partial charge in [0.1, 0.15) is 5.82 Å². The zero-order chi connectivity index (χ0) is 18.2. The molecule has 2 aromatic rings. The smallest absolute Gasteiger partial charge is 0.224 e. The van der Waals surface area contributed by atoms with Crippen molar-refractivity contribution in [2.45, 2.75) is 12.8 Å². The van der Waals surface area contributed by atoms with Crippen LogP contribution in [0.3, 0.4) is 0 Å². The summed E-state index contributed by atoms with van der Waals surface area (Å²) in [7, 11) is 4.57. The molecule has 0 atom stereocenters. The number of methoxy groups -OCH3 is 3. The van der Waals surface area contributed by atoms with Gasteiger partial charge >= 0.3 is 0 Å². The van der Waals surface area contributed by atoms with Crippen LogP contribution in [-0.4, -0.2) is 33.8 Å². The summed E-state index contributed by atoms with van der Waals surface area (Å²) in [6.45, 7) is 0.428. The van der Waals surface area contributed by atoms with E-state index in [2.05, 4.69) is 5.32 Å². The molecule has 0 fully saturated rings. The van der Waals surface area contributed by atoms with Crippen LogP contribution in [0.5, 0.6) is 17.2 Å². The molecule has 1 N–H and O–H groups in total. The monoisotopic (exact) mass is 347 g/mol. The summed E-state index contributed by atoms with van der Waals surface area (Å²) in [5, 5.41) is 2.83. The van der Waals surface area contributed by atoms with Gasteiger partial charge in [-0.05, 0) is 30.2 Å². The molecule has 0 unspecified atom stereocenters. The lowest BCUT2D eigenvalue weighted by Crippen LogP contribution is -2.27. The molecule has 0 saturated heterocycles. The summed E-state index contributed by atoms with van der Waals surface area (Å²) in [4.78, 5) is 12.2. The largest absolute Gasteiger partial charge is 0.493 e. The molecule has 0 saturated carbocycles. The van der Waals surface area contributed by atoms with Gasteiger partial charge in [0.25, 0.3) is 0 Å². The Morgan fingerprint density at radius 3 is 2.44 bits per heavy atom. The first-order valence-corrected chi connectivity index (χ1v) is 7.88. The Balaban J connectivity index is 1.98. The first-order chi connectivity index (χ1) is 12.1. The van der Waals surface area contributed by atoms with Gasteiger partial charge in [0, 0.05) is 12.1 Å². The molecular formula is C19H22FNO4. The van der Waals surface area contributed by atoms with Gasteiger partial charge in [0.2, 0.25) is 11.7 Å². The number of ether oxygens (including phenoxy) is 3. The molecule has 0 aliphatic carbocycles. The van der Waals surface area contributed by atoms with E-state index in [0.717, 1.165) is 5.56 Å². The number of carbonyl (C=O) groups excluding carboxylic acids is 1. The van der Waals surface area contributed by atoms with E-state index in [4.69, 9.17) is 14.2 Å². The van der Waals surface area contributed by atoms with E-state index in [0.29, 0.717) is 35.8 Å². The highest BCUT2D eigenvalue weighted by Crippen LogP contribution is 2.39. The number of nitrogens with one attached hydrogen (secondary N) is 1. The Morgan fingerprint density at radius 2 is 1.80 bits per heavy atom. The highest BCUT2D eigenvalue weighted by Gasteiger charge is 2.17. The van der Waals surface area contributed by atoms with Crippen molar-refractivity contribution >= 4 is 5.91 Å². The van der Waals surface area contributed by atoms with Crippen LogP contribution in [-0.2, 0) is 17.6 Å². The van der Waals surface area contributed by atoms with Gasteiger partial charge in [-0.25, -0.2) is 4.39 Å². The third-order valence-electron chi connectivity index (χ3n) is 3.76. The van der Waals surface area contributed by atoms with E-state index in [1.807, 2.05) is 6.07 Å². The molecule has 5 nitrogen and oxygen atoms in total. The van der Waals surface area contributed by atoms with Crippen molar-refractivity contribution in [3.05, 3.63) is 53.3 Å². The summed E-state index contributed by atoms with van der Waals surface area (Å²) in [6.07, 6.45) is 0.708. The minimum atomic E-state index is -0.279.